The van der Waals surface area contributed by atoms with E-state index in [0.29, 0.717) is 16.4 Å². The Balaban J connectivity index is 2.70. The fourth-order valence-corrected chi connectivity index (χ4v) is 1.16. The lowest BCUT2D eigenvalue weighted by atomic mass is 10.3. The van der Waals surface area contributed by atoms with Gasteiger partial charge in [0.25, 0.3) is 5.92 Å². The summed E-state index contributed by atoms with van der Waals surface area (Å²) in [5.41, 5.74) is 5.94. The maximum Gasteiger partial charge on any atom is 0.276 e. The molecule has 3 nitrogen and oxygen atoms in total. The van der Waals surface area contributed by atoms with Crippen molar-refractivity contribution in [3.63, 3.8) is 0 Å². The second-order valence-corrected chi connectivity index (χ2v) is 3.55. The predicted octanol–water partition coefficient (Wildman–Crippen LogP) is 2.05. The van der Waals surface area contributed by atoms with E-state index < -0.39 is 19.0 Å². The summed E-state index contributed by atoms with van der Waals surface area (Å²) >= 11 is 5.86. The molecular formula is C9H12ClF2N3. The molecule has 0 aromatic carbocycles. The van der Waals surface area contributed by atoms with Crippen molar-refractivity contribution in [3.05, 3.63) is 23.0 Å². The van der Waals surface area contributed by atoms with E-state index in [-0.39, 0.29) is 0 Å². The molecule has 0 radical (unpaired) electrons. The summed E-state index contributed by atoms with van der Waals surface area (Å²) in [4.78, 5) is 3.92. The molecule has 1 heterocycles. The summed E-state index contributed by atoms with van der Waals surface area (Å²) in [5, 5.41) is 2.90. The van der Waals surface area contributed by atoms with Gasteiger partial charge in [0.05, 0.1) is 29.5 Å². The summed E-state index contributed by atoms with van der Waals surface area (Å²) in [6, 6.07) is 1.54. The first-order chi connectivity index (χ1) is 6.96. The van der Waals surface area contributed by atoms with Crippen LogP contribution in [0.25, 0.3) is 0 Å². The van der Waals surface area contributed by atoms with Crippen molar-refractivity contribution in [1.82, 2.24) is 4.98 Å². The van der Waals surface area contributed by atoms with Gasteiger partial charge in [-0.3, -0.25) is 4.98 Å². The third-order valence-corrected chi connectivity index (χ3v) is 2.38. The molecule has 1 rings (SSSR count). The summed E-state index contributed by atoms with van der Waals surface area (Å²) in [5.74, 6) is -2.93. The molecule has 3 N–H and O–H groups in total. The van der Waals surface area contributed by atoms with Gasteiger partial charge < -0.3 is 11.1 Å². The third-order valence-electron chi connectivity index (χ3n) is 1.90. The number of halogens is 3. The highest BCUT2D eigenvalue weighted by molar-refractivity contribution is 6.33. The van der Waals surface area contributed by atoms with Crippen LogP contribution in [0, 0.1) is 6.92 Å². The van der Waals surface area contributed by atoms with E-state index in [1.54, 1.807) is 13.0 Å². The molecule has 1 aromatic rings. The van der Waals surface area contributed by atoms with Crippen LogP contribution >= 0.6 is 11.6 Å². The molecule has 0 aliphatic heterocycles. The average molecular weight is 236 g/mol. The minimum Gasteiger partial charge on any atom is -0.378 e. The van der Waals surface area contributed by atoms with Gasteiger partial charge in [0.2, 0.25) is 0 Å². The van der Waals surface area contributed by atoms with Gasteiger partial charge in [-0.2, -0.15) is 0 Å². The van der Waals surface area contributed by atoms with Crippen LogP contribution in [0.1, 0.15) is 5.69 Å². The Bertz CT molecular complexity index is 344. The zero-order valence-corrected chi connectivity index (χ0v) is 8.98. The summed E-state index contributed by atoms with van der Waals surface area (Å²) in [6.45, 7) is 0.475. The number of hydrogen-bond donors (Lipinski definition) is 2. The number of pyridine rings is 1. The van der Waals surface area contributed by atoms with Crippen molar-refractivity contribution >= 4 is 17.3 Å². The second-order valence-electron chi connectivity index (χ2n) is 3.17. The second kappa shape index (κ2) is 4.72. The fraction of sp³-hybridized carbons (Fsp3) is 0.444. The lowest BCUT2D eigenvalue weighted by molar-refractivity contribution is 0.0254. The first-order valence-electron chi connectivity index (χ1n) is 4.39. The Labute approximate surface area is 91.6 Å². The van der Waals surface area contributed by atoms with Crippen molar-refractivity contribution < 1.29 is 8.78 Å². The molecule has 15 heavy (non-hydrogen) atoms. The average Bonchev–Trinajstić information content (AvgIpc) is 2.20. The SMILES string of the molecule is Cc1nccc(NCC(F)(F)CN)c1Cl. The number of aryl methyl sites for hydroxylation is 1. The van der Waals surface area contributed by atoms with Crippen LogP contribution in [0.3, 0.4) is 0 Å². The summed E-state index contributed by atoms with van der Waals surface area (Å²) in [6.07, 6.45) is 1.50. The molecule has 1 aromatic heterocycles. The van der Waals surface area contributed by atoms with E-state index in [1.165, 1.54) is 6.20 Å². The van der Waals surface area contributed by atoms with Crippen molar-refractivity contribution in [2.24, 2.45) is 5.73 Å². The molecule has 0 saturated heterocycles. The van der Waals surface area contributed by atoms with Gasteiger partial charge >= 0.3 is 0 Å². The normalized spacial score (nSPS) is 11.5. The van der Waals surface area contributed by atoms with E-state index in [1.807, 2.05) is 0 Å². The van der Waals surface area contributed by atoms with Crippen LogP contribution in [0.15, 0.2) is 12.3 Å². The number of nitrogens with zero attached hydrogens (tertiary/aromatic N) is 1. The maximum absolute atomic E-state index is 12.8. The quantitative estimate of drug-likeness (QED) is 0.840. The standard InChI is InChI=1S/C9H12ClF2N3/c1-6-8(10)7(2-3-14-6)15-5-9(11,12)4-13/h2-3H,4-5,13H2,1H3,(H,14,15). The van der Waals surface area contributed by atoms with Crippen LogP contribution in [-0.2, 0) is 0 Å². The molecule has 0 bridgehead atoms. The van der Waals surface area contributed by atoms with Crippen LogP contribution in [0.4, 0.5) is 14.5 Å². The lowest BCUT2D eigenvalue weighted by Gasteiger charge is -2.16. The number of anilines is 1. The van der Waals surface area contributed by atoms with Crippen molar-refractivity contribution in [2.45, 2.75) is 12.8 Å². The topological polar surface area (TPSA) is 50.9 Å². The first-order valence-corrected chi connectivity index (χ1v) is 4.77. The minimum atomic E-state index is -2.93. The molecule has 0 spiro atoms. The number of hydrogen-bond acceptors (Lipinski definition) is 3. The van der Waals surface area contributed by atoms with Crippen molar-refractivity contribution in [1.29, 1.82) is 0 Å². The molecule has 0 aliphatic carbocycles. The van der Waals surface area contributed by atoms with E-state index >= 15 is 0 Å². The molecule has 84 valence electrons. The summed E-state index contributed by atoms with van der Waals surface area (Å²) in [7, 11) is 0. The van der Waals surface area contributed by atoms with Crippen LogP contribution in [0.2, 0.25) is 5.02 Å². The van der Waals surface area contributed by atoms with Gasteiger partial charge in [-0.25, -0.2) is 8.78 Å². The Kier molecular flexibility index (Phi) is 3.82. The Hall–Kier alpha value is -0.940. The summed E-state index contributed by atoms with van der Waals surface area (Å²) < 4.78 is 25.6. The number of nitrogens with two attached hydrogens (primary N) is 1. The molecule has 6 heteroatoms. The Morgan fingerprint density at radius 1 is 1.60 bits per heavy atom. The van der Waals surface area contributed by atoms with Crippen LogP contribution < -0.4 is 11.1 Å². The van der Waals surface area contributed by atoms with E-state index in [2.05, 4.69) is 10.3 Å². The van der Waals surface area contributed by atoms with Crippen molar-refractivity contribution in [2.75, 3.05) is 18.4 Å². The number of aromatic nitrogens is 1. The van der Waals surface area contributed by atoms with Gasteiger partial charge in [-0.15, -0.1) is 0 Å². The van der Waals surface area contributed by atoms with Crippen molar-refractivity contribution in [3.8, 4) is 0 Å². The highest BCUT2D eigenvalue weighted by Crippen LogP contribution is 2.24. The fourth-order valence-electron chi connectivity index (χ4n) is 0.982. The predicted molar refractivity (Wildman–Crippen MR) is 56.5 cm³/mol. The lowest BCUT2D eigenvalue weighted by Crippen LogP contribution is -2.35. The number of nitrogens with one attached hydrogen (secondary N) is 1. The molecular weight excluding hydrogens is 224 g/mol. The zero-order chi connectivity index (χ0) is 11.5. The molecule has 0 atom stereocenters. The van der Waals surface area contributed by atoms with Gasteiger partial charge in [0.1, 0.15) is 0 Å². The number of alkyl halides is 2. The smallest absolute Gasteiger partial charge is 0.276 e. The molecule has 0 saturated carbocycles. The third kappa shape index (κ3) is 3.28. The van der Waals surface area contributed by atoms with Gasteiger partial charge in [0.15, 0.2) is 0 Å². The largest absolute Gasteiger partial charge is 0.378 e. The maximum atomic E-state index is 12.8. The molecule has 0 unspecified atom stereocenters. The zero-order valence-electron chi connectivity index (χ0n) is 8.23. The van der Waals surface area contributed by atoms with Gasteiger partial charge in [0, 0.05) is 6.20 Å². The Morgan fingerprint density at radius 2 is 2.27 bits per heavy atom. The monoisotopic (exact) mass is 235 g/mol. The van der Waals surface area contributed by atoms with E-state index in [9.17, 15) is 8.78 Å². The highest BCUT2D eigenvalue weighted by atomic mass is 35.5. The van der Waals surface area contributed by atoms with Crippen LogP contribution in [0.5, 0.6) is 0 Å². The first kappa shape index (κ1) is 12.1. The van der Waals surface area contributed by atoms with Gasteiger partial charge in [-0.1, -0.05) is 11.6 Å². The van der Waals surface area contributed by atoms with E-state index in [0.717, 1.165) is 0 Å². The van der Waals surface area contributed by atoms with E-state index in [4.69, 9.17) is 17.3 Å². The van der Waals surface area contributed by atoms with Crippen LogP contribution in [-0.4, -0.2) is 24.0 Å². The molecule has 0 amide bonds. The highest BCUT2D eigenvalue weighted by Gasteiger charge is 2.26. The molecule has 0 fully saturated rings. The van der Waals surface area contributed by atoms with Gasteiger partial charge in [-0.05, 0) is 13.0 Å². The Morgan fingerprint density at radius 3 is 2.87 bits per heavy atom. The number of rotatable bonds is 4. The minimum absolute atomic E-state index is 0.352. The molecule has 0 aliphatic rings.